The van der Waals surface area contributed by atoms with Gasteiger partial charge in [0.15, 0.2) is 0 Å². The number of aromatic nitrogens is 4. The van der Waals surface area contributed by atoms with E-state index in [0.717, 1.165) is 11.3 Å². The molecule has 0 aliphatic carbocycles. The highest BCUT2D eigenvalue weighted by Crippen LogP contribution is 2.19. The predicted molar refractivity (Wildman–Crippen MR) is 80.6 cm³/mol. The summed E-state index contributed by atoms with van der Waals surface area (Å²) in [7, 11) is 3.32. The first kappa shape index (κ1) is 13.7. The third-order valence-corrected chi connectivity index (χ3v) is 4.37. The van der Waals surface area contributed by atoms with Gasteiger partial charge in [0, 0.05) is 26.9 Å². The number of carbonyl (C=O) groups is 1. The second-order valence-electron chi connectivity index (χ2n) is 4.78. The number of rotatable bonds is 4. The van der Waals surface area contributed by atoms with Crippen molar-refractivity contribution < 1.29 is 4.79 Å². The number of nitrogens with zero attached hydrogens (tertiary/aromatic N) is 4. The Balaban J connectivity index is 2.05. The van der Waals surface area contributed by atoms with Crippen molar-refractivity contribution in [2.24, 2.45) is 7.05 Å². The SMILES string of the molecule is CNC(=O)CCCc1nnc2n(C)c(=O)c3sccc3n12. The molecule has 0 aromatic carbocycles. The zero-order valence-corrected chi connectivity index (χ0v) is 12.6. The second kappa shape index (κ2) is 5.28. The summed E-state index contributed by atoms with van der Waals surface area (Å²) < 4.78 is 4.10. The lowest BCUT2D eigenvalue weighted by atomic mass is 10.2. The Kier molecular flexibility index (Phi) is 3.46. The highest BCUT2D eigenvalue weighted by Gasteiger charge is 2.15. The normalized spacial score (nSPS) is 11.3. The molecule has 110 valence electrons. The van der Waals surface area contributed by atoms with E-state index in [1.54, 1.807) is 14.1 Å². The molecule has 0 bridgehead atoms. The average Bonchev–Trinajstić information content (AvgIpc) is 3.10. The van der Waals surface area contributed by atoms with Gasteiger partial charge in [-0.3, -0.25) is 18.6 Å². The van der Waals surface area contributed by atoms with Crippen molar-refractivity contribution in [3.63, 3.8) is 0 Å². The Morgan fingerprint density at radius 2 is 2.24 bits per heavy atom. The van der Waals surface area contributed by atoms with Gasteiger partial charge in [-0.1, -0.05) is 0 Å². The van der Waals surface area contributed by atoms with Crippen LogP contribution < -0.4 is 10.9 Å². The number of nitrogens with one attached hydrogen (secondary N) is 1. The van der Waals surface area contributed by atoms with Crippen LogP contribution in [0.25, 0.3) is 16.0 Å². The molecular formula is C13H15N5O2S. The summed E-state index contributed by atoms with van der Waals surface area (Å²) in [6, 6.07) is 1.90. The molecule has 0 radical (unpaired) electrons. The van der Waals surface area contributed by atoms with Gasteiger partial charge >= 0.3 is 0 Å². The molecule has 0 fully saturated rings. The smallest absolute Gasteiger partial charge is 0.272 e. The van der Waals surface area contributed by atoms with Crippen LogP contribution >= 0.6 is 11.3 Å². The number of thiophene rings is 1. The monoisotopic (exact) mass is 305 g/mol. The fraction of sp³-hybridized carbons (Fsp3) is 0.385. The van der Waals surface area contributed by atoms with Crippen LogP contribution in [-0.4, -0.2) is 32.1 Å². The molecule has 3 heterocycles. The maximum atomic E-state index is 12.2. The highest BCUT2D eigenvalue weighted by atomic mass is 32.1. The first-order chi connectivity index (χ1) is 10.1. The van der Waals surface area contributed by atoms with Gasteiger partial charge in [-0.2, -0.15) is 0 Å². The van der Waals surface area contributed by atoms with Gasteiger partial charge in [-0.15, -0.1) is 21.5 Å². The quantitative estimate of drug-likeness (QED) is 0.770. The summed E-state index contributed by atoms with van der Waals surface area (Å²) in [4.78, 5) is 23.5. The van der Waals surface area contributed by atoms with Gasteiger partial charge in [0.05, 0.1) is 5.52 Å². The Morgan fingerprint density at radius 1 is 1.43 bits per heavy atom. The Hall–Kier alpha value is -2.22. The van der Waals surface area contributed by atoms with Crippen molar-refractivity contribution in [2.75, 3.05) is 7.05 Å². The number of hydrogen-bond acceptors (Lipinski definition) is 5. The Labute approximate surface area is 124 Å². The summed E-state index contributed by atoms with van der Waals surface area (Å²) in [6.07, 6.45) is 1.77. The molecular weight excluding hydrogens is 290 g/mol. The molecule has 1 N–H and O–H groups in total. The van der Waals surface area contributed by atoms with Gasteiger partial charge < -0.3 is 5.32 Å². The molecule has 0 unspecified atom stereocenters. The molecule has 21 heavy (non-hydrogen) atoms. The minimum atomic E-state index is -0.0585. The van der Waals surface area contributed by atoms with E-state index in [4.69, 9.17) is 0 Å². The average molecular weight is 305 g/mol. The fourth-order valence-corrected chi connectivity index (χ4v) is 3.20. The van der Waals surface area contributed by atoms with E-state index in [1.807, 2.05) is 15.8 Å². The number of aryl methyl sites for hydroxylation is 2. The van der Waals surface area contributed by atoms with Crippen LogP contribution in [0.1, 0.15) is 18.7 Å². The molecule has 0 aliphatic rings. The van der Waals surface area contributed by atoms with Crippen LogP contribution in [0.15, 0.2) is 16.2 Å². The predicted octanol–water partition coefficient (Wildman–Crippen LogP) is 0.711. The minimum absolute atomic E-state index is 0.0110. The van der Waals surface area contributed by atoms with Crippen molar-refractivity contribution in [1.29, 1.82) is 0 Å². The summed E-state index contributed by atoms with van der Waals surface area (Å²) in [6.45, 7) is 0. The molecule has 3 aromatic rings. The summed E-state index contributed by atoms with van der Waals surface area (Å²) >= 11 is 1.41. The molecule has 8 heteroatoms. The summed E-state index contributed by atoms with van der Waals surface area (Å²) in [5.41, 5.74) is 0.773. The van der Waals surface area contributed by atoms with E-state index in [9.17, 15) is 9.59 Å². The molecule has 1 amide bonds. The molecule has 0 spiro atoms. The van der Waals surface area contributed by atoms with Gasteiger partial charge in [0.1, 0.15) is 10.5 Å². The molecule has 7 nitrogen and oxygen atoms in total. The van der Waals surface area contributed by atoms with Gasteiger partial charge in [-0.05, 0) is 17.9 Å². The van der Waals surface area contributed by atoms with Crippen molar-refractivity contribution >= 4 is 33.2 Å². The van der Waals surface area contributed by atoms with Crippen LogP contribution in [0.2, 0.25) is 0 Å². The number of amides is 1. The zero-order chi connectivity index (χ0) is 15.0. The standard InChI is InChI=1S/C13H15N5O2S/c1-14-10(19)5-3-4-9-15-16-13-17(2)12(20)11-8(18(9)13)6-7-21-11/h6-7H,3-5H2,1-2H3,(H,14,19). The third-order valence-electron chi connectivity index (χ3n) is 3.48. The van der Waals surface area contributed by atoms with E-state index in [0.29, 0.717) is 29.7 Å². The maximum absolute atomic E-state index is 12.2. The lowest BCUT2D eigenvalue weighted by Gasteiger charge is -2.04. The molecule has 3 rings (SSSR count). The number of hydrogen-bond donors (Lipinski definition) is 1. The lowest BCUT2D eigenvalue weighted by Crippen LogP contribution is -2.19. The van der Waals surface area contributed by atoms with Gasteiger partial charge in [0.2, 0.25) is 11.7 Å². The molecule has 0 atom stereocenters. The molecule has 0 saturated carbocycles. The Bertz CT molecular complexity index is 876. The second-order valence-corrected chi connectivity index (χ2v) is 5.69. The van der Waals surface area contributed by atoms with E-state index in [1.165, 1.54) is 15.9 Å². The van der Waals surface area contributed by atoms with Crippen LogP contribution in [-0.2, 0) is 18.3 Å². The lowest BCUT2D eigenvalue weighted by molar-refractivity contribution is -0.120. The Morgan fingerprint density at radius 3 is 3.00 bits per heavy atom. The van der Waals surface area contributed by atoms with Crippen LogP contribution in [0.3, 0.4) is 0 Å². The van der Waals surface area contributed by atoms with E-state index in [2.05, 4.69) is 15.5 Å². The number of carbonyl (C=O) groups excluding carboxylic acids is 1. The third kappa shape index (κ3) is 2.21. The first-order valence-corrected chi connectivity index (χ1v) is 7.52. The molecule has 0 saturated heterocycles. The zero-order valence-electron chi connectivity index (χ0n) is 11.8. The van der Waals surface area contributed by atoms with Crippen LogP contribution in [0, 0.1) is 0 Å². The summed E-state index contributed by atoms with van der Waals surface area (Å²) in [5.74, 6) is 1.31. The van der Waals surface area contributed by atoms with Crippen molar-refractivity contribution in [1.82, 2.24) is 24.5 Å². The van der Waals surface area contributed by atoms with Crippen LogP contribution in [0.5, 0.6) is 0 Å². The fourth-order valence-electron chi connectivity index (χ4n) is 2.35. The molecule has 3 aromatic heterocycles. The number of fused-ring (bicyclic) bond motifs is 3. The van der Waals surface area contributed by atoms with E-state index in [-0.39, 0.29) is 11.5 Å². The van der Waals surface area contributed by atoms with Crippen molar-refractivity contribution in [2.45, 2.75) is 19.3 Å². The van der Waals surface area contributed by atoms with E-state index < -0.39 is 0 Å². The largest absolute Gasteiger partial charge is 0.359 e. The first-order valence-electron chi connectivity index (χ1n) is 6.64. The van der Waals surface area contributed by atoms with Crippen LogP contribution in [0.4, 0.5) is 0 Å². The van der Waals surface area contributed by atoms with Crippen molar-refractivity contribution in [3.8, 4) is 0 Å². The summed E-state index contributed by atoms with van der Waals surface area (Å²) in [5, 5.41) is 12.8. The highest BCUT2D eigenvalue weighted by molar-refractivity contribution is 7.17. The maximum Gasteiger partial charge on any atom is 0.272 e. The van der Waals surface area contributed by atoms with Crippen molar-refractivity contribution in [3.05, 3.63) is 27.6 Å². The topological polar surface area (TPSA) is 81.3 Å². The minimum Gasteiger partial charge on any atom is -0.359 e. The molecule has 0 aliphatic heterocycles. The van der Waals surface area contributed by atoms with Gasteiger partial charge in [0.25, 0.3) is 5.56 Å². The van der Waals surface area contributed by atoms with Gasteiger partial charge in [-0.25, -0.2) is 0 Å². The van der Waals surface area contributed by atoms with E-state index >= 15 is 0 Å².